The molecule has 0 radical (unpaired) electrons. The highest BCUT2D eigenvalue weighted by molar-refractivity contribution is 9.10. The number of Topliss-reactive ketones (excluding diaryl/α,β-unsaturated/α-hetero) is 1. The highest BCUT2D eigenvalue weighted by Crippen LogP contribution is 2.33. The minimum atomic E-state index is 0.279. The van der Waals surface area contributed by atoms with E-state index in [1.54, 1.807) is 0 Å². The Balaban J connectivity index is 2.03. The number of ketones is 1. The molecule has 0 aromatic heterocycles. The largest absolute Gasteiger partial charge is 0.493 e. The standard InChI is InChI=1S/C14H18BrNO2/c1-16-5-2-3-13(17)9-11-8-12(15)7-10-4-6-18-14(10)11/h7-8,16H,2-6,9H2,1H3. The smallest absolute Gasteiger partial charge is 0.137 e. The maximum Gasteiger partial charge on any atom is 0.137 e. The molecule has 4 heteroatoms. The van der Waals surface area contributed by atoms with Gasteiger partial charge in [-0.2, -0.15) is 0 Å². The number of benzene rings is 1. The molecule has 0 atom stereocenters. The van der Waals surface area contributed by atoms with Crippen LogP contribution in [0.2, 0.25) is 0 Å². The van der Waals surface area contributed by atoms with Crippen molar-refractivity contribution in [2.45, 2.75) is 25.7 Å². The van der Waals surface area contributed by atoms with Crippen molar-refractivity contribution >= 4 is 21.7 Å². The van der Waals surface area contributed by atoms with E-state index < -0.39 is 0 Å². The highest BCUT2D eigenvalue weighted by atomic mass is 79.9. The molecule has 1 aromatic rings. The summed E-state index contributed by atoms with van der Waals surface area (Å²) in [6.07, 6.45) is 2.94. The normalized spacial score (nSPS) is 13.2. The lowest BCUT2D eigenvalue weighted by Gasteiger charge is -2.08. The maximum absolute atomic E-state index is 11.9. The first kappa shape index (κ1) is 13.6. The molecule has 1 aliphatic rings. The molecule has 1 heterocycles. The Morgan fingerprint density at radius 2 is 2.33 bits per heavy atom. The van der Waals surface area contributed by atoms with Gasteiger partial charge in [-0.3, -0.25) is 4.79 Å². The lowest BCUT2D eigenvalue weighted by molar-refractivity contribution is -0.118. The van der Waals surface area contributed by atoms with Gasteiger partial charge in [0.25, 0.3) is 0 Å². The van der Waals surface area contributed by atoms with E-state index in [0.29, 0.717) is 12.8 Å². The van der Waals surface area contributed by atoms with Crippen LogP contribution in [0.25, 0.3) is 0 Å². The summed E-state index contributed by atoms with van der Waals surface area (Å²) in [5.41, 5.74) is 2.23. The Morgan fingerprint density at radius 1 is 1.50 bits per heavy atom. The second kappa shape index (κ2) is 6.34. The Kier molecular flexibility index (Phi) is 4.78. The van der Waals surface area contributed by atoms with Crippen LogP contribution in [0.4, 0.5) is 0 Å². The van der Waals surface area contributed by atoms with Gasteiger partial charge in [0, 0.05) is 29.3 Å². The molecular weight excluding hydrogens is 294 g/mol. The number of nitrogens with one attached hydrogen (secondary N) is 1. The van der Waals surface area contributed by atoms with Gasteiger partial charge in [0.15, 0.2) is 0 Å². The van der Waals surface area contributed by atoms with E-state index >= 15 is 0 Å². The zero-order chi connectivity index (χ0) is 13.0. The van der Waals surface area contributed by atoms with Gasteiger partial charge in [-0.1, -0.05) is 15.9 Å². The zero-order valence-electron chi connectivity index (χ0n) is 10.6. The van der Waals surface area contributed by atoms with Crippen LogP contribution in [0.1, 0.15) is 24.0 Å². The summed E-state index contributed by atoms with van der Waals surface area (Å²) in [5, 5.41) is 3.05. The van der Waals surface area contributed by atoms with E-state index in [9.17, 15) is 4.79 Å². The molecule has 0 saturated carbocycles. The van der Waals surface area contributed by atoms with Crippen LogP contribution >= 0.6 is 15.9 Å². The Labute approximate surface area is 116 Å². The monoisotopic (exact) mass is 311 g/mol. The minimum Gasteiger partial charge on any atom is -0.493 e. The van der Waals surface area contributed by atoms with E-state index in [-0.39, 0.29) is 5.78 Å². The summed E-state index contributed by atoms with van der Waals surface area (Å²) >= 11 is 3.49. The summed E-state index contributed by atoms with van der Waals surface area (Å²) in [5.74, 6) is 1.21. The van der Waals surface area contributed by atoms with E-state index in [0.717, 1.165) is 41.8 Å². The van der Waals surface area contributed by atoms with Gasteiger partial charge in [0.2, 0.25) is 0 Å². The third-order valence-electron chi connectivity index (χ3n) is 3.10. The van der Waals surface area contributed by atoms with Crippen molar-refractivity contribution in [3.8, 4) is 5.75 Å². The van der Waals surface area contributed by atoms with Gasteiger partial charge >= 0.3 is 0 Å². The van der Waals surface area contributed by atoms with Crippen LogP contribution in [0, 0.1) is 0 Å². The predicted octanol–water partition coefficient (Wildman–Crippen LogP) is 2.50. The van der Waals surface area contributed by atoms with Crippen molar-refractivity contribution in [2.75, 3.05) is 20.2 Å². The fourth-order valence-corrected chi connectivity index (χ4v) is 2.79. The Hall–Kier alpha value is -0.870. The number of ether oxygens (including phenoxy) is 1. The first-order chi connectivity index (χ1) is 8.70. The zero-order valence-corrected chi connectivity index (χ0v) is 12.2. The summed E-state index contributed by atoms with van der Waals surface area (Å²) < 4.78 is 6.66. The van der Waals surface area contributed by atoms with Crippen LogP contribution in [0.15, 0.2) is 16.6 Å². The van der Waals surface area contributed by atoms with Gasteiger partial charge in [-0.25, -0.2) is 0 Å². The van der Waals surface area contributed by atoms with E-state index in [1.807, 2.05) is 13.1 Å². The molecule has 0 unspecified atom stereocenters. The SMILES string of the molecule is CNCCCC(=O)Cc1cc(Br)cc2c1OCC2. The maximum atomic E-state index is 11.9. The molecule has 2 rings (SSSR count). The van der Waals surface area contributed by atoms with Gasteiger partial charge < -0.3 is 10.1 Å². The molecule has 3 nitrogen and oxygen atoms in total. The molecule has 0 aliphatic carbocycles. The molecule has 1 aromatic carbocycles. The summed E-state index contributed by atoms with van der Waals surface area (Å²) in [7, 11) is 1.90. The molecule has 0 bridgehead atoms. The second-order valence-electron chi connectivity index (χ2n) is 4.57. The van der Waals surface area contributed by atoms with Crippen molar-refractivity contribution in [3.05, 3.63) is 27.7 Å². The van der Waals surface area contributed by atoms with E-state index in [2.05, 4.69) is 27.3 Å². The summed E-state index contributed by atoms with van der Waals surface area (Å²) in [6, 6.07) is 4.08. The molecule has 98 valence electrons. The number of rotatable bonds is 6. The second-order valence-corrected chi connectivity index (χ2v) is 5.49. The number of hydrogen-bond acceptors (Lipinski definition) is 3. The number of carbonyl (C=O) groups is 1. The fourth-order valence-electron chi connectivity index (χ4n) is 2.24. The number of carbonyl (C=O) groups excluding carboxylic acids is 1. The number of halogens is 1. The van der Waals surface area contributed by atoms with Crippen molar-refractivity contribution in [1.29, 1.82) is 0 Å². The summed E-state index contributed by atoms with van der Waals surface area (Å²) in [4.78, 5) is 11.9. The van der Waals surface area contributed by atoms with Crippen LogP contribution in [-0.4, -0.2) is 26.0 Å². The van der Waals surface area contributed by atoms with Crippen LogP contribution in [-0.2, 0) is 17.6 Å². The lowest BCUT2D eigenvalue weighted by atomic mass is 10.0. The number of hydrogen-bond donors (Lipinski definition) is 1. The molecule has 1 aliphatic heterocycles. The van der Waals surface area contributed by atoms with Crippen molar-refractivity contribution in [3.63, 3.8) is 0 Å². The Morgan fingerprint density at radius 3 is 3.11 bits per heavy atom. The molecular formula is C14H18BrNO2. The quantitative estimate of drug-likeness (QED) is 0.820. The van der Waals surface area contributed by atoms with Crippen molar-refractivity contribution < 1.29 is 9.53 Å². The topological polar surface area (TPSA) is 38.3 Å². The van der Waals surface area contributed by atoms with Crippen molar-refractivity contribution in [1.82, 2.24) is 5.32 Å². The van der Waals surface area contributed by atoms with Crippen LogP contribution in [0.3, 0.4) is 0 Å². The first-order valence-corrected chi connectivity index (χ1v) is 7.10. The third kappa shape index (κ3) is 3.33. The molecule has 1 N–H and O–H groups in total. The molecule has 0 saturated heterocycles. The molecule has 0 amide bonds. The van der Waals surface area contributed by atoms with E-state index in [4.69, 9.17) is 4.74 Å². The minimum absolute atomic E-state index is 0.279. The van der Waals surface area contributed by atoms with Gasteiger partial charge in [0.05, 0.1) is 6.61 Å². The fraction of sp³-hybridized carbons (Fsp3) is 0.500. The molecule has 0 fully saturated rings. The highest BCUT2D eigenvalue weighted by Gasteiger charge is 2.18. The van der Waals surface area contributed by atoms with Crippen molar-refractivity contribution in [2.24, 2.45) is 0 Å². The average Bonchev–Trinajstić information content (AvgIpc) is 2.77. The average molecular weight is 312 g/mol. The van der Waals surface area contributed by atoms with Gasteiger partial charge in [0.1, 0.15) is 11.5 Å². The third-order valence-corrected chi connectivity index (χ3v) is 3.55. The first-order valence-electron chi connectivity index (χ1n) is 6.31. The van der Waals surface area contributed by atoms with Crippen LogP contribution < -0.4 is 10.1 Å². The van der Waals surface area contributed by atoms with Crippen LogP contribution in [0.5, 0.6) is 5.75 Å². The molecule has 18 heavy (non-hydrogen) atoms. The van der Waals surface area contributed by atoms with Gasteiger partial charge in [-0.15, -0.1) is 0 Å². The van der Waals surface area contributed by atoms with E-state index in [1.165, 1.54) is 5.56 Å². The number of fused-ring (bicyclic) bond motifs is 1. The van der Waals surface area contributed by atoms with Gasteiger partial charge in [-0.05, 0) is 37.7 Å². The Bertz CT molecular complexity index is 446. The predicted molar refractivity (Wildman–Crippen MR) is 75.2 cm³/mol. The molecule has 0 spiro atoms. The summed E-state index contributed by atoms with van der Waals surface area (Å²) in [6.45, 7) is 1.62. The lowest BCUT2D eigenvalue weighted by Crippen LogP contribution is -2.11.